The lowest BCUT2D eigenvalue weighted by atomic mass is 10.0. The van der Waals surface area contributed by atoms with Crippen molar-refractivity contribution in [2.45, 2.75) is 46.6 Å². The van der Waals surface area contributed by atoms with Crippen molar-refractivity contribution in [2.75, 3.05) is 0 Å². The van der Waals surface area contributed by atoms with E-state index >= 15 is 0 Å². The monoisotopic (exact) mass is 370 g/mol. The molecule has 0 unspecified atom stereocenters. The number of hydrogen-bond acceptors (Lipinski definition) is 6. The van der Waals surface area contributed by atoms with Crippen molar-refractivity contribution < 1.29 is 23.5 Å². The lowest BCUT2D eigenvalue weighted by Gasteiger charge is -2.14. The quantitative estimate of drug-likeness (QED) is 0.684. The van der Waals surface area contributed by atoms with Crippen LogP contribution in [0.15, 0.2) is 25.8 Å². The van der Waals surface area contributed by atoms with Gasteiger partial charge in [-0.25, -0.2) is 4.79 Å². The van der Waals surface area contributed by atoms with Crippen molar-refractivity contribution >= 4 is 33.8 Å². The number of carbonyl (C=O) groups is 2. The average molecular weight is 370 g/mol. The Balaban J connectivity index is 1.95. The zero-order valence-electron chi connectivity index (χ0n) is 15.6. The predicted octanol–water partition coefficient (Wildman–Crippen LogP) is 1.65. The Morgan fingerprint density at radius 1 is 1.07 bits per heavy atom. The number of hydrogen-bond donors (Lipinski definition) is 1. The number of aliphatic carboxylic acids is 1. The number of nitrogens with one attached hydrogen (secondary N) is 1. The summed E-state index contributed by atoms with van der Waals surface area (Å²) in [7, 11) is 0. The van der Waals surface area contributed by atoms with Gasteiger partial charge in [-0.15, -0.1) is 0 Å². The summed E-state index contributed by atoms with van der Waals surface area (Å²) in [5, 5.41) is 14.7. The largest absolute Gasteiger partial charge is 0.548 e. The number of carboxylic acid groups (broad SMARTS) is 1. The number of furan rings is 1. The van der Waals surface area contributed by atoms with Crippen molar-refractivity contribution in [3.8, 4) is 0 Å². The number of rotatable bonds is 5. The Labute approximate surface area is 155 Å². The Kier molecular flexibility index (Phi) is 4.78. The van der Waals surface area contributed by atoms with Gasteiger partial charge in [0.2, 0.25) is 5.91 Å². The van der Waals surface area contributed by atoms with E-state index in [-0.39, 0.29) is 12.8 Å². The average Bonchev–Trinajstić information content (AvgIpc) is 2.86. The minimum absolute atomic E-state index is 0.0270. The molecule has 0 aliphatic rings. The molecule has 27 heavy (non-hydrogen) atoms. The highest BCUT2D eigenvalue weighted by Gasteiger charge is 2.17. The van der Waals surface area contributed by atoms with Crippen molar-refractivity contribution in [2.24, 2.45) is 0 Å². The Morgan fingerprint density at radius 2 is 1.70 bits per heavy atom. The second kappa shape index (κ2) is 6.90. The molecule has 0 spiro atoms. The van der Waals surface area contributed by atoms with E-state index in [9.17, 15) is 19.5 Å². The standard InChI is InChI=1S/C20H21NO6/c1-9-12(4)26-16-8-17-15(7-14(9)16)10(2)13(20(25)27-17)5-6-18(22)21-11(3)19(23)24/h7-8,11H,5-6H2,1-4H3,(H,21,22)(H,23,24)/p-1/t11-/m1/s1. The van der Waals surface area contributed by atoms with Crippen molar-refractivity contribution in [1.82, 2.24) is 5.32 Å². The van der Waals surface area contributed by atoms with Gasteiger partial charge < -0.3 is 24.1 Å². The molecule has 7 nitrogen and oxygen atoms in total. The molecule has 1 amide bonds. The van der Waals surface area contributed by atoms with E-state index < -0.39 is 23.5 Å². The molecule has 1 atom stereocenters. The first-order valence-electron chi connectivity index (χ1n) is 8.65. The lowest BCUT2D eigenvalue weighted by molar-refractivity contribution is -0.307. The zero-order valence-corrected chi connectivity index (χ0v) is 15.6. The number of carboxylic acids is 1. The van der Waals surface area contributed by atoms with Crippen LogP contribution in [-0.4, -0.2) is 17.9 Å². The van der Waals surface area contributed by atoms with Gasteiger partial charge in [-0.1, -0.05) is 0 Å². The first kappa shape index (κ1) is 18.7. The summed E-state index contributed by atoms with van der Waals surface area (Å²) in [6.07, 6.45) is 0.123. The number of benzene rings is 1. The minimum atomic E-state index is -1.36. The Bertz CT molecular complexity index is 1120. The van der Waals surface area contributed by atoms with Gasteiger partial charge in [0.25, 0.3) is 0 Å². The van der Waals surface area contributed by atoms with Gasteiger partial charge >= 0.3 is 5.63 Å². The summed E-state index contributed by atoms with van der Waals surface area (Å²) >= 11 is 0. The van der Waals surface area contributed by atoms with Crippen LogP contribution >= 0.6 is 0 Å². The van der Waals surface area contributed by atoms with Crippen LogP contribution in [0.2, 0.25) is 0 Å². The fourth-order valence-electron chi connectivity index (χ4n) is 3.13. The molecule has 3 aromatic rings. The van der Waals surface area contributed by atoms with Crippen LogP contribution < -0.4 is 16.0 Å². The SMILES string of the molecule is Cc1oc2cc3oc(=O)c(CCC(=O)N[C@H](C)C(=O)[O-])c(C)c3cc2c1C. The molecule has 0 aliphatic carbocycles. The van der Waals surface area contributed by atoms with Gasteiger partial charge in [0.05, 0.1) is 12.0 Å². The first-order chi connectivity index (χ1) is 12.7. The zero-order chi connectivity index (χ0) is 19.9. The van der Waals surface area contributed by atoms with Gasteiger partial charge in [-0.3, -0.25) is 4.79 Å². The van der Waals surface area contributed by atoms with Gasteiger partial charge in [0.1, 0.15) is 16.9 Å². The number of fused-ring (bicyclic) bond motifs is 2. The molecule has 0 fully saturated rings. The molecule has 7 heteroatoms. The van der Waals surface area contributed by atoms with Crippen LogP contribution in [-0.2, 0) is 16.0 Å². The summed E-state index contributed by atoms with van der Waals surface area (Å²) in [6, 6.07) is 2.54. The molecule has 0 saturated heterocycles. The van der Waals surface area contributed by atoms with E-state index in [1.165, 1.54) is 6.92 Å². The molecule has 0 saturated carbocycles. The maximum Gasteiger partial charge on any atom is 0.339 e. The third-order valence-corrected chi connectivity index (χ3v) is 4.92. The maximum atomic E-state index is 12.4. The van der Waals surface area contributed by atoms with Gasteiger partial charge in [0, 0.05) is 28.8 Å². The molecular formula is C20H20NO6-. The number of aryl methyl sites for hydroxylation is 3. The normalized spacial score (nSPS) is 12.4. The second-order valence-corrected chi connectivity index (χ2v) is 6.73. The molecule has 2 aromatic heterocycles. The predicted molar refractivity (Wildman–Crippen MR) is 97.4 cm³/mol. The molecule has 0 aliphatic heterocycles. The molecule has 0 radical (unpaired) electrons. The van der Waals surface area contributed by atoms with Crippen LogP contribution in [0.25, 0.3) is 21.9 Å². The highest BCUT2D eigenvalue weighted by molar-refractivity contribution is 5.96. The Hall–Kier alpha value is -3.09. The highest BCUT2D eigenvalue weighted by atomic mass is 16.4. The minimum Gasteiger partial charge on any atom is -0.548 e. The van der Waals surface area contributed by atoms with E-state index in [2.05, 4.69) is 5.32 Å². The molecule has 1 aromatic carbocycles. The first-order valence-corrected chi connectivity index (χ1v) is 8.65. The van der Waals surface area contributed by atoms with E-state index in [0.717, 1.165) is 27.7 Å². The van der Waals surface area contributed by atoms with E-state index in [1.54, 1.807) is 6.07 Å². The van der Waals surface area contributed by atoms with Crippen LogP contribution in [0.5, 0.6) is 0 Å². The fourth-order valence-corrected chi connectivity index (χ4v) is 3.13. The smallest absolute Gasteiger partial charge is 0.339 e. The summed E-state index contributed by atoms with van der Waals surface area (Å²) in [5.74, 6) is -1.03. The molecule has 1 N–H and O–H groups in total. The topological polar surface area (TPSA) is 113 Å². The molecule has 2 heterocycles. The maximum absolute atomic E-state index is 12.4. The Morgan fingerprint density at radius 3 is 2.37 bits per heavy atom. The van der Waals surface area contributed by atoms with E-state index in [0.29, 0.717) is 16.7 Å². The summed E-state index contributed by atoms with van der Waals surface area (Å²) in [5.41, 5.74) is 2.73. The second-order valence-electron chi connectivity index (χ2n) is 6.73. The number of amides is 1. The number of carbonyl (C=O) groups excluding carboxylic acids is 2. The summed E-state index contributed by atoms with van der Waals surface area (Å²) < 4.78 is 11.1. The molecular weight excluding hydrogens is 350 g/mol. The summed E-state index contributed by atoms with van der Waals surface area (Å²) in [6.45, 7) is 6.97. The van der Waals surface area contributed by atoms with Gasteiger partial charge in [0.15, 0.2) is 0 Å². The van der Waals surface area contributed by atoms with Crippen molar-refractivity contribution in [3.63, 3.8) is 0 Å². The van der Waals surface area contributed by atoms with E-state index in [1.807, 2.05) is 26.8 Å². The molecule has 142 valence electrons. The van der Waals surface area contributed by atoms with Crippen LogP contribution in [0.4, 0.5) is 0 Å². The van der Waals surface area contributed by atoms with Gasteiger partial charge in [-0.2, -0.15) is 0 Å². The van der Waals surface area contributed by atoms with Gasteiger partial charge in [-0.05, 0) is 51.3 Å². The van der Waals surface area contributed by atoms with Crippen molar-refractivity contribution in [3.05, 3.63) is 45.0 Å². The molecule has 0 bridgehead atoms. The van der Waals surface area contributed by atoms with Crippen molar-refractivity contribution in [1.29, 1.82) is 0 Å². The van der Waals surface area contributed by atoms with Crippen LogP contribution in [0.3, 0.4) is 0 Å². The van der Waals surface area contributed by atoms with E-state index in [4.69, 9.17) is 8.83 Å². The fraction of sp³-hybridized carbons (Fsp3) is 0.350. The third-order valence-electron chi connectivity index (χ3n) is 4.92. The summed E-state index contributed by atoms with van der Waals surface area (Å²) in [4.78, 5) is 35.0. The third kappa shape index (κ3) is 3.45. The molecule has 3 rings (SSSR count). The highest BCUT2D eigenvalue weighted by Crippen LogP contribution is 2.31. The lowest BCUT2D eigenvalue weighted by Crippen LogP contribution is -2.46. The van der Waals surface area contributed by atoms with Crippen LogP contribution in [0.1, 0.15) is 35.8 Å². The van der Waals surface area contributed by atoms with Crippen LogP contribution in [0, 0.1) is 20.8 Å².